The van der Waals surface area contributed by atoms with E-state index in [9.17, 15) is 14.7 Å². The predicted molar refractivity (Wildman–Crippen MR) is 68.3 cm³/mol. The van der Waals surface area contributed by atoms with E-state index < -0.39 is 0 Å². The van der Waals surface area contributed by atoms with Gasteiger partial charge < -0.3 is 9.84 Å². The van der Waals surface area contributed by atoms with Crippen LogP contribution in [0.25, 0.3) is 0 Å². The smallest absolute Gasteiger partial charge is 0.334 e. The number of hydrogen-bond acceptors (Lipinski definition) is 4. The molecule has 0 aromatic rings. The van der Waals surface area contributed by atoms with Crippen molar-refractivity contribution < 1.29 is 19.4 Å². The molecule has 4 nitrogen and oxygen atoms in total. The summed E-state index contributed by atoms with van der Waals surface area (Å²) in [5.41, 5.74) is 0.992. The number of hydrogen-bond donors (Lipinski definition) is 1. The second-order valence-corrected chi connectivity index (χ2v) is 6.34. The number of ether oxygens (including phenoxy) is 1. The molecule has 0 aromatic heterocycles. The molecule has 1 aliphatic heterocycles. The average molecular weight is 262 g/mol. The van der Waals surface area contributed by atoms with Gasteiger partial charge in [-0.2, -0.15) is 0 Å². The largest absolute Gasteiger partial charge is 0.504 e. The van der Waals surface area contributed by atoms with Crippen LogP contribution in [0.15, 0.2) is 23.5 Å². The molecular formula is C15H18O4. The molecule has 19 heavy (non-hydrogen) atoms. The Bertz CT molecular complexity index is 530. The molecule has 1 saturated heterocycles. The number of Topliss-reactive ketones (excluding diaryl/α,β-unsaturated/α-hetero) is 1. The molecule has 2 fully saturated rings. The third-order valence-electron chi connectivity index (χ3n) is 4.89. The molecule has 0 amide bonds. The van der Waals surface area contributed by atoms with Crippen molar-refractivity contribution in [1.29, 1.82) is 0 Å². The number of rotatable bonds is 0. The molecule has 3 rings (SSSR count). The maximum Gasteiger partial charge on any atom is 0.334 e. The Morgan fingerprint density at radius 3 is 2.79 bits per heavy atom. The van der Waals surface area contributed by atoms with Crippen molar-refractivity contribution in [3.8, 4) is 0 Å². The van der Waals surface area contributed by atoms with E-state index in [0.717, 1.165) is 5.57 Å². The molecule has 3 aliphatic rings. The van der Waals surface area contributed by atoms with E-state index in [1.807, 2.05) is 13.8 Å². The van der Waals surface area contributed by atoms with Crippen LogP contribution in [0, 0.1) is 17.3 Å². The summed E-state index contributed by atoms with van der Waals surface area (Å²) in [6, 6.07) is 0. The van der Waals surface area contributed by atoms with E-state index >= 15 is 0 Å². The van der Waals surface area contributed by atoms with Crippen molar-refractivity contribution in [2.24, 2.45) is 17.3 Å². The SMILES string of the molecule is C=C1C(=O)O[C@@H]2C[C@@H](C)C3=C(O)C(=O)C[C@@]3(C)C[C@H]12. The van der Waals surface area contributed by atoms with Gasteiger partial charge in [0.05, 0.1) is 0 Å². The zero-order chi connectivity index (χ0) is 13.9. The van der Waals surface area contributed by atoms with Gasteiger partial charge in [-0.05, 0) is 24.3 Å². The maximum absolute atomic E-state index is 11.8. The Hall–Kier alpha value is -1.58. The fraction of sp³-hybridized carbons (Fsp3) is 0.600. The minimum atomic E-state index is -0.364. The van der Waals surface area contributed by atoms with Crippen LogP contribution in [0.4, 0.5) is 0 Å². The molecule has 0 bridgehead atoms. The fourth-order valence-electron chi connectivity index (χ4n) is 4.07. The Labute approximate surface area is 112 Å². The number of carbonyl (C=O) groups excluding carboxylic acids is 2. The van der Waals surface area contributed by atoms with Crippen LogP contribution in [-0.2, 0) is 14.3 Å². The summed E-state index contributed by atoms with van der Waals surface area (Å²) in [4.78, 5) is 23.4. The molecule has 102 valence electrons. The highest BCUT2D eigenvalue weighted by Crippen LogP contribution is 2.54. The Kier molecular flexibility index (Phi) is 2.43. The van der Waals surface area contributed by atoms with E-state index in [1.165, 1.54) is 0 Å². The number of carbonyl (C=O) groups is 2. The molecule has 0 unspecified atom stereocenters. The lowest BCUT2D eigenvalue weighted by Gasteiger charge is -2.29. The van der Waals surface area contributed by atoms with E-state index in [2.05, 4.69) is 6.58 Å². The Morgan fingerprint density at radius 1 is 1.42 bits per heavy atom. The topological polar surface area (TPSA) is 63.6 Å². The van der Waals surface area contributed by atoms with Crippen LogP contribution in [-0.4, -0.2) is 23.0 Å². The monoisotopic (exact) mass is 262 g/mol. The summed E-state index contributed by atoms with van der Waals surface area (Å²) in [5, 5.41) is 10.0. The first-order valence-electron chi connectivity index (χ1n) is 6.70. The van der Waals surface area contributed by atoms with Crippen molar-refractivity contribution in [1.82, 2.24) is 0 Å². The van der Waals surface area contributed by atoms with Crippen LogP contribution < -0.4 is 0 Å². The lowest BCUT2D eigenvalue weighted by Crippen LogP contribution is -2.23. The zero-order valence-corrected chi connectivity index (χ0v) is 11.2. The number of ketones is 1. The van der Waals surface area contributed by atoms with Crippen LogP contribution in [0.3, 0.4) is 0 Å². The van der Waals surface area contributed by atoms with Crippen LogP contribution >= 0.6 is 0 Å². The second-order valence-electron chi connectivity index (χ2n) is 6.34. The zero-order valence-electron chi connectivity index (χ0n) is 11.2. The summed E-state index contributed by atoms with van der Waals surface area (Å²) in [6.45, 7) is 7.82. The molecule has 1 N–H and O–H groups in total. The number of aliphatic hydroxyl groups is 1. The Morgan fingerprint density at radius 2 is 2.11 bits per heavy atom. The van der Waals surface area contributed by atoms with Gasteiger partial charge >= 0.3 is 5.97 Å². The summed E-state index contributed by atoms with van der Waals surface area (Å²) in [6.07, 6.45) is 1.46. The number of allylic oxidation sites excluding steroid dienone is 2. The average Bonchev–Trinajstić information content (AvgIpc) is 2.63. The van der Waals surface area contributed by atoms with Crippen molar-refractivity contribution in [2.75, 3.05) is 0 Å². The highest BCUT2D eigenvalue weighted by molar-refractivity contribution is 5.98. The standard InChI is InChI=1S/C15H18O4/c1-7-4-11-9(8(2)14(18)19-11)5-15(3)6-10(16)13(17)12(7)15/h7,9,11,17H,2,4-6H2,1,3H3/t7-,9-,11-,15-/m1/s1. The molecule has 4 atom stereocenters. The van der Waals surface area contributed by atoms with Crippen LogP contribution in [0.5, 0.6) is 0 Å². The number of fused-ring (bicyclic) bond motifs is 2. The molecule has 1 saturated carbocycles. The first-order valence-corrected chi connectivity index (χ1v) is 6.70. The molecule has 0 spiro atoms. The van der Waals surface area contributed by atoms with E-state index in [4.69, 9.17) is 4.74 Å². The highest BCUT2D eigenvalue weighted by Gasteiger charge is 2.53. The van der Waals surface area contributed by atoms with Gasteiger partial charge in [0.15, 0.2) is 11.5 Å². The Balaban J connectivity index is 2.05. The molecule has 2 aliphatic carbocycles. The summed E-state index contributed by atoms with van der Waals surface area (Å²) < 4.78 is 5.37. The van der Waals surface area contributed by atoms with Crippen LogP contribution in [0.1, 0.15) is 33.1 Å². The van der Waals surface area contributed by atoms with Gasteiger partial charge in [0, 0.05) is 23.3 Å². The fourth-order valence-corrected chi connectivity index (χ4v) is 4.07. The van der Waals surface area contributed by atoms with Gasteiger partial charge in [0.1, 0.15) is 6.10 Å². The van der Waals surface area contributed by atoms with Crippen molar-refractivity contribution >= 4 is 11.8 Å². The lowest BCUT2D eigenvalue weighted by atomic mass is 9.73. The molecule has 0 aromatic carbocycles. The highest BCUT2D eigenvalue weighted by atomic mass is 16.6. The normalized spacial score (nSPS) is 42.0. The van der Waals surface area contributed by atoms with E-state index in [1.54, 1.807) is 0 Å². The van der Waals surface area contributed by atoms with Crippen molar-refractivity contribution in [3.63, 3.8) is 0 Å². The molecule has 4 heteroatoms. The molecule has 0 radical (unpaired) electrons. The lowest BCUT2D eigenvalue weighted by molar-refractivity contribution is -0.139. The quantitative estimate of drug-likeness (QED) is 0.537. The van der Waals surface area contributed by atoms with E-state index in [-0.39, 0.29) is 40.9 Å². The summed E-state index contributed by atoms with van der Waals surface area (Å²) in [7, 11) is 0. The van der Waals surface area contributed by atoms with Gasteiger partial charge in [0.25, 0.3) is 0 Å². The minimum Gasteiger partial charge on any atom is -0.504 e. The summed E-state index contributed by atoms with van der Waals surface area (Å²) in [5.74, 6) is -0.543. The second kappa shape index (κ2) is 3.71. The van der Waals surface area contributed by atoms with Crippen LogP contribution in [0.2, 0.25) is 0 Å². The van der Waals surface area contributed by atoms with Gasteiger partial charge in [-0.15, -0.1) is 0 Å². The van der Waals surface area contributed by atoms with Crippen molar-refractivity contribution in [3.05, 3.63) is 23.5 Å². The predicted octanol–water partition coefficient (Wildman–Crippen LogP) is 2.31. The first kappa shape index (κ1) is 12.5. The minimum absolute atomic E-state index is 0.0313. The molecule has 1 heterocycles. The van der Waals surface area contributed by atoms with Gasteiger partial charge in [0.2, 0.25) is 0 Å². The first-order chi connectivity index (χ1) is 8.83. The van der Waals surface area contributed by atoms with Gasteiger partial charge in [-0.1, -0.05) is 20.4 Å². The third kappa shape index (κ3) is 1.58. The van der Waals surface area contributed by atoms with E-state index in [0.29, 0.717) is 24.8 Å². The van der Waals surface area contributed by atoms with Crippen molar-refractivity contribution in [2.45, 2.75) is 39.2 Å². The summed E-state index contributed by atoms with van der Waals surface area (Å²) >= 11 is 0. The number of esters is 1. The van der Waals surface area contributed by atoms with Gasteiger partial charge in [-0.3, -0.25) is 4.79 Å². The third-order valence-corrected chi connectivity index (χ3v) is 4.89. The molecular weight excluding hydrogens is 244 g/mol. The van der Waals surface area contributed by atoms with Gasteiger partial charge in [-0.25, -0.2) is 4.79 Å². The maximum atomic E-state index is 11.8. The number of aliphatic hydroxyl groups excluding tert-OH is 1.